The standard InChI is InChI=1S/C22H21NO2S.C22H20O2S.C21H17BrO2S.C15H15NO2S.C15H14O2S.CH2Cl2/c1-17-11-13-20(14-12-17)26-21-10-6-5-9-19(21)15-22(24)23-25-16-18-7-3-2-4-8-18;1-17-11-13-20(14-12-17)25-21-10-6-5-9-19(21)15-22(23)24-16-18-7-3-2-4-8-18;22-18-10-12-19(13-11-18)25-20-9-5-4-8-17(20)14-21(23)24-15-16-6-2-1-3-7-16;1-11-6-8-13(9-7-11)19-14-5-3-2-4-12(14)10-15(17)16-18;1-11-6-8-13(9-7-11)18-14-5-3-2-4-12(14)10-15(16)17;2-1-3/h2-14H,15-16H2,1H3,(H,23,24);2-14H,15-16H2,1H3;1-13H,14-15H2;2-9,18H,10H2,1H3,(H,16,17);2-9H,10H2,1H3,(H,16,17);1H2. The number of alkyl halides is 2. The highest BCUT2D eigenvalue weighted by Gasteiger charge is 2.16. The number of carbonyl (C=O) groups is 5. The van der Waals surface area contributed by atoms with Gasteiger partial charge in [-0.3, -0.25) is 34.0 Å². The molecule has 13 rings (SSSR count). The van der Waals surface area contributed by atoms with Crippen molar-refractivity contribution >= 4 is 128 Å². The molecular formula is C96H89BrCl2N2O10S5. The number of carboxylic acid groups (broad SMARTS) is 1. The fraction of sp³-hybridized carbons (Fsp3) is 0.135. The largest absolute Gasteiger partial charge is 0.481 e. The van der Waals surface area contributed by atoms with E-state index in [1.54, 1.807) is 64.3 Å². The maximum Gasteiger partial charge on any atom is 0.310 e. The van der Waals surface area contributed by atoms with E-state index in [4.69, 9.17) is 47.8 Å². The average Bonchev–Trinajstić information content (AvgIpc) is 0.882. The van der Waals surface area contributed by atoms with Crippen molar-refractivity contribution in [2.45, 2.75) is 129 Å². The van der Waals surface area contributed by atoms with Gasteiger partial charge in [0.25, 0.3) is 0 Å². The number of carbonyl (C=O) groups excluding carboxylic acids is 4. The summed E-state index contributed by atoms with van der Waals surface area (Å²) in [6.07, 6.45) is 1.07. The summed E-state index contributed by atoms with van der Waals surface area (Å²) in [5, 5.41) is 17.7. The first-order valence-corrected chi connectivity index (χ1v) is 42.7. The molecule has 116 heavy (non-hydrogen) atoms. The number of aliphatic carboxylic acids is 1. The zero-order valence-electron chi connectivity index (χ0n) is 64.5. The van der Waals surface area contributed by atoms with E-state index in [2.05, 4.69) is 144 Å². The van der Waals surface area contributed by atoms with Crippen LogP contribution in [0.25, 0.3) is 0 Å². The molecule has 0 saturated heterocycles. The van der Waals surface area contributed by atoms with Crippen molar-refractivity contribution in [2.24, 2.45) is 0 Å². The van der Waals surface area contributed by atoms with Gasteiger partial charge < -0.3 is 14.6 Å². The Balaban J connectivity index is 0.000000181. The Kier molecular flexibility index (Phi) is 40.8. The van der Waals surface area contributed by atoms with Gasteiger partial charge in [-0.05, 0) is 175 Å². The number of hydrogen-bond acceptors (Lipinski definition) is 14. The molecular weight excluding hydrogens is 1650 g/mol. The van der Waals surface area contributed by atoms with Crippen LogP contribution in [0.5, 0.6) is 0 Å². The number of halogens is 3. The summed E-state index contributed by atoms with van der Waals surface area (Å²) in [7, 11) is 0. The van der Waals surface area contributed by atoms with Crippen LogP contribution < -0.4 is 11.0 Å². The van der Waals surface area contributed by atoms with Crippen LogP contribution in [-0.2, 0) is 90.2 Å². The molecule has 0 bridgehead atoms. The summed E-state index contributed by atoms with van der Waals surface area (Å²) in [6.45, 7) is 9.22. The monoisotopic (exact) mass is 1740 g/mol. The van der Waals surface area contributed by atoms with Crippen molar-refractivity contribution in [2.75, 3.05) is 5.34 Å². The van der Waals surface area contributed by atoms with Crippen molar-refractivity contribution in [1.29, 1.82) is 0 Å². The Hall–Kier alpha value is -10.1. The van der Waals surface area contributed by atoms with Gasteiger partial charge in [-0.25, -0.2) is 11.0 Å². The van der Waals surface area contributed by atoms with Crippen LogP contribution in [-0.4, -0.2) is 45.4 Å². The van der Waals surface area contributed by atoms with E-state index in [-0.39, 0.29) is 55.3 Å². The number of rotatable bonds is 27. The van der Waals surface area contributed by atoms with Crippen molar-refractivity contribution in [3.63, 3.8) is 0 Å². The number of amides is 2. The molecule has 13 aromatic rings. The SMILES string of the molecule is Cc1ccc(Sc2ccccc2CC(=O)NO)cc1.Cc1ccc(Sc2ccccc2CC(=O)NOCc2ccccc2)cc1.Cc1ccc(Sc2ccccc2CC(=O)O)cc1.Cc1ccc(Sc2ccccc2CC(=O)OCc2ccccc2)cc1.ClCCl.O=C(Cc1ccccc1Sc1ccc(Br)cc1)OCc1ccccc1. The van der Waals surface area contributed by atoms with Gasteiger partial charge in [0.15, 0.2) is 0 Å². The summed E-state index contributed by atoms with van der Waals surface area (Å²) >= 11 is 21.2. The average molecular weight is 1740 g/mol. The van der Waals surface area contributed by atoms with Gasteiger partial charge in [-0.2, -0.15) is 0 Å². The zero-order valence-corrected chi connectivity index (χ0v) is 71.6. The molecule has 0 aliphatic carbocycles. The minimum atomic E-state index is -0.799. The minimum Gasteiger partial charge on any atom is -0.481 e. The molecule has 0 aromatic heterocycles. The van der Waals surface area contributed by atoms with Crippen molar-refractivity contribution in [1.82, 2.24) is 11.0 Å². The molecule has 0 aliphatic heterocycles. The van der Waals surface area contributed by atoms with Gasteiger partial charge in [0.2, 0.25) is 11.8 Å². The molecule has 0 saturated carbocycles. The summed E-state index contributed by atoms with van der Waals surface area (Å²) in [4.78, 5) is 75.0. The second kappa shape index (κ2) is 51.8. The fourth-order valence-electron chi connectivity index (χ4n) is 10.6. The molecule has 2 amide bonds. The molecule has 13 aromatic carbocycles. The number of esters is 2. The smallest absolute Gasteiger partial charge is 0.310 e. The number of benzene rings is 13. The first-order valence-electron chi connectivity index (χ1n) is 36.8. The highest BCUT2D eigenvalue weighted by atomic mass is 79.9. The summed E-state index contributed by atoms with van der Waals surface area (Å²) in [6, 6.07) is 110. The predicted octanol–water partition coefficient (Wildman–Crippen LogP) is 24.6. The van der Waals surface area contributed by atoms with Crippen LogP contribution in [0.3, 0.4) is 0 Å². The van der Waals surface area contributed by atoms with E-state index < -0.39 is 11.9 Å². The number of hydrogen-bond donors (Lipinski definition) is 4. The first kappa shape index (κ1) is 91.5. The van der Waals surface area contributed by atoms with Gasteiger partial charge in [0.05, 0.1) is 44.1 Å². The molecule has 0 heterocycles. The molecule has 4 N–H and O–H groups in total. The van der Waals surface area contributed by atoms with Gasteiger partial charge in [-0.15, -0.1) is 23.2 Å². The fourth-order valence-corrected chi connectivity index (χ4v) is 15.5. The summed E-state index contributed by atoms with van der Waals surface area (Å²) in [5.41, 5.74) is 16.8. The van der Waals surface area contributed by atoms with E-state index in [1.165, 1.54) is 22.3 Å². The molecule has 594 valence electrons. The third kappa shape index (κ3) is 35.2. The quantitative estimate of drug-likeness (QED) is 0.0165. The van der Waals surface area contributed by atoms with Crippen LogP contribution in [0.4, 0.5) is 0 Å². The number of nitrogens with one attached hydrogen (secondary N) is 2. The maximum absolute atomic E-state index is 12.2. The van der Waals surface area contributed by atoms with Gasteiger partial charge in [0.1, 0.15) is 13.2 Å². The van der Waals surface area contributed by atoms with E-state index in [0.717, 1.165) is 97.9 Å². The molecule has 0 unspecified atom stereocenters. The number of carboxylic acids is 1. The van der Waals surface area contributed by atoms with Crippen LogP contribution >= 0.6 is 97.9 Å². The molecule has 0 spiro atoms. The first-order chi connectivity index (χ1) is 56.4. The molecule has 0 fully saturated rings. The Morgan fingerprint density at radius 2 is 0.560 bits per heavy atom. The minimum absolute atomic E-state index is 0.0645. The normalized spacial score (nSPS) is 10.3. The van der Waals surface area contributed by atoms with Gasteiger partial charge >= 0.3 is 17.9 Å². The molecule has 20 heteroatoms. The molecule has 0 radical (unpaired) electrons. The zero-order chi connectivity index (χ0) is 82.5. The van der Waals surface area contributed by atoms with E-state index in [0.29, 0.717) is 19.8 Å². The molecule has 12 nitrogen and oxygen atoms in total. The maximum atomic E-state index is 12.2. The van der Waals surface area contributed by atoms with E-state index in [1.807, 2.05) is 238 Å². The second-order valence-corrected chi connectivity index (χ2v) is 33.1. The molecule has 0 atom stereocenters. The summed E-state index contributed by atoms with van der Waals surface area (Å²) in [5.74, 6) is -1.78. The number of ether oxygens (including phenoxy) is 2. The van der Waals surface area contributed by atoms with E-state index >= 15 is 0 Å². The number of aryl methyl sites for hydroxylation is 4. The Bertz CT molecular complexity index is 5000. The lowest BCUT2D eigenvalue weighted by molar-refractivity contribution is -0.145. The number of hydroxylamine groups is 2. The van der Waals surface area contributed by atoms with Crippen molar-refractivity contribution < 1.29 is 48.6 Å². The van der Waals surface area contributed by atoms with E-state index in [9.17, 15) is 24.0 Å². The second-order valence-electron chi connectivity index (χ2n) is 25.8. The predicted molar refractivity (Wildman–Crippen MR) is 476 cm³/mol. The highest BCUT2D eigenvalue weighted by Crippen LogP contribution is 2.36. The third-order valence-electron chi connectivity index (χ3n) is 16.5. The lowest BCUT2D eigenvalue weighted by atomic mass is 10.1. The van der Waals surface area contributed by atoms with Crippen molar-refractivity contribution in [3.05, 3.63) is 405 Å². The lowest BCUT2D eigenvalue weighted by Crippen LogP contribution is -2.25. The van der Waals surface area contributed by atoms with Crippen LogP contribution in [0.1, 0.15) is 66.8 Å². The van der Waals surface area contributed by atoms with Crippen LogP contribution in [0, 0.1) is 27.7 Å². The van der Waals surface area contributed by atoms with Gasteiger partial charge in [0, 0.05) is 53.4 Å². The van der Waals surface area contributed by atoms with Crippen LogP contribution in [0.15, 0.2) is 387 Å². The molecule has 0 aliphatic rings. The summed E-state index contributed by atoms with van der Waals surface area (Å²) < 4.78 is 11.9. The highest BCUT2D eigenvalue weighted by molar-refractivity contribution is 9.10. The van der Waals surface area contributed by atoms with Crippen LogP contribution in [0.2, 0.25) is 0 Å². The Morgan fingerprint density at radius 3 is 0.845 bits per heavy atom. The Labute approximate surface area is 720 Å². The lowest BCUT2D eigenvalue weighted by Gasteiger charge is -2.10. The van der Waals surface area contributed by atoms with Crippen molar-refractivity contribution in [3.8, 4) is 0 Å². The third-order valence-corrected chi connectivity index (χ3v) is 22.6. The van der Waals surface area contributed by atoms with Gasteiger partial charge in [-0.1, -0.05) is 328 Å². The topological polar surface area (TPSA) is 178 Å². The Morgan fingerprint density at radius 1 is 0.319 bits per heavy atom.